The van der Waals surface area contributed by atoms with Crippen LogP contribution in [0, 0.1) is 0 Å². The van der Waals surface area contributed by atoms with Gasteiger partial charge in [0.1, 0.15) is 5.15 Å². The number of carboxylic acid groups (broad SMARTS) is 1. The molecule has 0 aliphatic carbocycles. The molecule has 1 unspecified atom stereocenters. The van der Waals surface area contributed by atoms with Crippen LogP contribution < -0.4 is 15.5 Å². The van der Waals surface area contributed by atoms with Crippen LogP contribution in [-0.4, -0.2) is 74.8 Å². The molecule has 1 aromatic carbocycles. The predicted octanol–water partition coefficient (Wildman–Crippen LogP) is 3.69. The molecule has 0 saturated carbocycles. The number of pyridine rings is 3. The zero-order valence-corrected chi connectivity index (χ0v) is 24.1. The van der Waals surface area contributed by atoms with Crippen LogP contribution in [0.3, 0.4) is 0 Å². The molecule has 4 aromatic rings. The molecule has 1 atom stereocenters. The highest BCUT2D eigenvalue weighted by atomic mass is 35.5. The Bertz CT molecular complexity index is 1650. The van der Waals surface area contributed by atoms with E-state index >= 15 is 0 Å². The summed E-state index contributed by atoms with van der Waals surface area (Å²) < 4.78 is 0. The molecule has 0 bridgehead atoms. The monoisotopic (exact) mass is 613 g/mol. The first-order chi connectivity index (χ1) is 21.3. The predicted molar refractivity (Wildman–Crippen MR) is 163 cm³/mol. The molecule has 3 amide bonds. The quantitative estimate of drug-likeness (QED) is 0.239. The third-order valence-electron chi connectivity index (χ3n) is 7.08. The van der Waals surface area contributed by atoms with Crippen LogP contribution in [0.1, 0.15) is 49.1 Å². The van der Waals surface area contributed by atoms with E-state index in [0.29, 0.717) is 48.7 Å². The number of carbonyl (C=O) groups is 4. The Morgan fingerprint density at radius 1 is 0.841 bits per heavy atom. The Hall–Kier alpha value is -5.36. The number of hydrogen-bond donors (Lipinski definition) is 3. The van der Waals surface area contributed by atoms with Gasteiger partial charge in [0.15, 0.2) is 0 Å². The van der Waals surface area contributed by atoms with Crippen LogP contribution >= 0.6 is 11.6 Å². The summed E-state index contributed by atoms with van der Waals surface area (Å²) in [6, 6.07) is 13.9. The number of carbonyl (C=O) groups excluding carboxylic acids is 3. The topological polar surface area (TPSA) is 158 Å². The van der Waals surface area contributed by atoms with Gasteiger partial charge in [-0.25, -0.2) is 4.98 Å². The first-order valence-electron chi connectivity index (χ1n) is 13.7. The number of benzene rings is 1. The van der Waals surface area contributed by atoms with Crippen LogP contribution in [0.2, 0.25) is 5.15 Å². The van der Waals surface area contributed by atoms with Gasteiger partial charge >= 0.3 is 5.97 Å². The molecule has 4 heterocycles. The summed E-state index contributed by atoms with van der Waals surface area (Å²) >= 11 is 5.88. The lowest BCUT2D eigenvalue weighted by Gasteiger charge is -2.37. The van der Waals surface area contributed by atoms with Gasteiger partial charge in [-0.3, -0.25) is 29.1 Å². The lowest BCUT2D eigenvalue weighted by molar-refractivity contribution is -0.137. The van der Waals surface area contributed by atoms with Crippen molar-refractivity contribution in [2.24, 2.45) is 0 Å². The Labute approximate surface area is 257 Å². The molecule has 1 aliphatic rings. The van der Waals surface area contributed by atoms with Gasteiger partial charge in [-0.2, -0.15) is 0 Å². The highest BCUT2D eigenvalue weighted by Gasteiger charge is 2.26. The summed E-state index contributed by atoms with van der Waals surface area (Å²) in [6.07, 6.45) is 7.21. The van der Waals surface area contributed by atoms with Crippen LogP contribution in [0.25, 0.3) is 0 Å². The summed E-state index contributed by atoms with van der Waals surface area (Å²) in [7, 11) is 0. The number of piperazine rings is 1. The molecule has 1 fully saturated rings. The molecule has 1 saturated heterocycles. The number of amides is 3. The summed E-state index contributed by atoms with van der Waals surface area (Å²) in [5, 5.41) is 15.3. The lowest BCUT2D eigenvalue weighted by atomic mass is 10.0. The average molecular weight is 614 g/mol. The van der Waals surface area contributed by atoms with Crippen LogP contribution in [0.4, 0.5) is 11.4 Å². The van der Waals surface area contributed by atoms with Crippen molar-refractivity contribution in [3.8, 4) is 0 Å². The van der Waals surface area contributed by atoms with E-state index in [4.69, 9.17) is 11.6 Å². The second kappa shape index (κ2) is 13.7. The largest absolute Gasteiger partial charge is 0.481 e. The SMILES string of the molecule is O=C(O)CC(NC(=O)c1ccc(N2CCN(C(=O)c3cccnc3)CC2)c(NC(=O)c2ccc(Cl)nc2)c1)c1cccnc1. The maximum absolute atomic E-state index is 13.4. The second-order valence-corrected chi connectivity index (χ2v) is 10.4. The van der Waals surface area contributed by atoms with Gasteiger partial charge in [0.25, 0.3) is 17.7 Å². The van der Waals surface area contributed by atoms with Crippen molar-refractivity contribution >= 4 is 46.7 Å². The first kappa shape index (κ1) is 30.1. The van der Waals surface area contributed by atoms with Crippen molar-refractivity contribution in [2.45, 2.75) is 12.5 Å². The smallest absolute Gasteiger partial charge is 0.305 e. The first-order valence-corrected chi connectivity index (χ1v) is 14.1. The van der Waals surface area contributed by atoms with Gasteiger partial charge in [0.05, 0.1) is 35.0 Å². The number of anilines is 2. The third-order valence-corrected chi connectivity index (χ3v) is 7.31. The van der Waals surface area contributed by atoms with Gasteiger partial charge in [-0.05, 0) is 54.1 Å². The Morgan fingerprint density at radius 3 is 2.20 bits per heavy atom. The summed E-state index contributed by atoms with van der Waals surface area (Å²) in [5.41, 5.74) is 2.54. The fourth-order valence-corrected chi connectivity index (χ4v) is 4.94. The maximum Gasteiger partial charge on any atom is 0.305 e. The molecule has 0 spiro atoms. The van der Waals surface area contributed by atoms with E-state index in [1.165, 1.54) is 30.7 Å². The number of halogens is 1. The Morgan fingerprint density at radius 2 is 1.57 bits per heavy atom. The minimum atomic E-state index is -1.08. The van der Waals surface area contributed by atoms with E-state index in [1.807, 2.05) is 4.90 Å². The molecule has 224 valence electrons. The summed E-state index contributed by atoms with van der Waals surface area (Å²) in [6.45, 7) is 1.83. The number of aliphatic carboxylic acids is 1. The fourth-order valence-electron chi connectivity index (χ4n) is 4.83. The number of aromatic nitrogens is 3. The van der Waals surface area contributed by atoms with E-state index < -0.39 is 23.8 Å². The number of nitrogens with one attached hydrogen (secondary N) is 2. The van der Waals surface area contributed by atoms with E-state index in [-0.39, 0.29) is 28.6 Å². The Kier molecular flexibility index (Phi) is 9.40. The third kappa shape index (κ3) is 7.34. The molecule has 13 heteroatoms. The van der Waals surface area contributed by atoms with Crippen molar-refractivity contribution in [1.82, 2.24) is 25.2 Å². The lowest BCUT2D eigenvalue weighted by Crippen LogP contribution is -2.49. The highest BCUT2D eigenvalue weighted by Crippen LogP contribution is 2.30. The summed E-state index contributed by atoms with van der Waals surface area (Å²) in [5.74, 6) is -2.18. The molecule has 1 aliphatic heterocycles. The second-order valence-electron chi connectivity index (χ2n) is 9.99. The van der Waals surface area contributed by atoms with Crippen molar-refractivity contribution in [1.29, 1.82) is 0 Å². The molecule has 0 radical (unpaired) electrons. The maximum atomic E-state index is 13.4. The molecule has 5 rings (SSSR count). The minimum Gasteiger partial charge on any atom is -0.481 e. The zero-order valence-electron chi connectivity index (χ0n) is 23.4. The zero-order chi connectivity index (χ0) is 31.1. The van der Waals surface area contributed by atoms with Gasteiger partial charge in [0.2, 0.25) is 0 Å². The number of carboxylic acids is 1. The van der Waals surface area contributed by atoms with Gasteiger partial charge in [-0.1, -0.05) is 17.7 Å². The van der Waals surface area contributed by atoms with Crippen molar-refractivity contribution < 1.29 is 24.3 Å². The van der Waals surface area contributed by atoms with Crippen molar-refractivity contribution in [2.75, 3.05) is 36.4 Å². The Balaban J connectivity index is 1.39. The minimum absolute atomic E-state index is 0.113. The average Bonchev–Trinajstić information content (AvgIpc) is 3.05. The summed E-state index contributed by atoms with van der Waals surface area (Å²) in [4.78, 5) is 66.8. The van der Waals surface area contributed by atoms with E-state index in [2.05, 4.69) is 25.6 Å². The van der Waals surface area contributed by atoms with E-state index in [1.54, 1.807) is 59.8 Å². The number of hydrogen-bond acceptors (Lipinski definition) is 8. The molecular formula is C31H28ClN7O5. The van der Waals surface area contributed by atoms with Crippen molar-refractivity contribution in [3.63, 3.8) is 0 Å². The number of rotatable bonds is 9. The van der Waals surface area contributed by atoms with Crippen LogP contribution in [-0.2, 0) is 4.79 Å². The molecule has 3 aromatic heterocycles. The van der Waals surface area contributed by atoms with Gasteiger partial charge < -0.3 is 25.5 Å². The van der Waals surface area contributed by atoms with Gasteiger partial charge in [0, 0.05) is 62.7 Å². The normalized spacial score (nSPS) is 13.6. The van der Waals surface area contributed by atoms with E-state index in [9.17, 15) is 24.3 Å². The fraction of sp³-hybridized carbons (Fsp3) is 0.194. The van der Waals surface area contributed by atoms with E-state index in [0.717, 1.165) is 0 Å². The molecule has 12 nitrogen and oxygen atoms in total. The standard InChI is InChI=1S/C31H28ClN7O5/c32-27-8-6-22(19-35-27)30(43)37-25-15-20(29(42)36-24(16-28(40)41)21-3-1-9-33-17-21)5-7-26(25)38-11-13-39(14-12-38)31(44)23-4-2-10-34-18-23/h1-10,15,17-19,24H,11-14,16H2,(H,36,42)(H,37,43)(H,40,41). The van der Waals surface area contributed by atoms with Crippen LogP contribution in [0.15, 0.2) is 85.6 Å². The molecular weight excluding hydrogens is 586 g/mol. The van der Waals surface area contributed by atoms with Gasteiger partial charge in [-0.15, -0.1) is 0 Å². The van der Waals surface area contributed by atoms with Crippen LogP contribution in [0.5, 0.6) is 0 Å². The highest BCUT2D eigenvalue weighted by molar-refractivity contribution is 6.29. The molecule has 3 N–H and O–H groups in total. The number of nitrogens with zero attached hydrogens (tertiary/aromatic N) is 5. The van der Waals surface area contributed by atoms with Crippen molar-refractivity contribution in [3.05, 3.63) is 113 Å². The molecule has 44 heavy (non-hydrogen) atoms.